The maximum atomic E-state index is 2.99. The summed E-state index contributed by atoms with van der Waals surface area (Å²) in [6.07, 6.45) is 10.0. The first-order valence-corrected chi connectivity index (χ1v) is 1.72. The van der Waals surface area contributed by atoms with E-state index < -0.39 is 0 Å². The molecule has 0 N–H and O–H groups in total. The van der Waals surface area contributed by atoms with Crippen LogP contribution in [0.5, 0.6) is 0 Å². The number of hydrogen-bond donors (Lipinski definition) is 0. The van der Waals surface area contributed by atoms with Crippen molar-refractivity contribution >= 4 is 34.7 Å². The zero-order valence-electron chi connectivity index (χ0n) is 4.96. The van der Waals surface area contributed by atoms with Crippen LogP contribution >= 0.6 is 34.7 Å². The quantitative estimate of drug-likeness (QED) is 0.333. The molecule has 4 heteroatoms. The molecule has 0 aromatic carbocycles. The molecule has 0 saturated carbocycles. The third kappa shape index (κ3) is 12.4. The molecule has 54 valence electrons. The third-order valence-corrected chi connectivity index (χ3v) is 0.586. The van der Waals surface area contributed by atoms with Gasteiger partial charge in [-0.1, -0.05) is 0 Å². The molecular formula is C5H10Cl2PTi-. The summed E-state index contributed by atoms with van der Waals surface area (Å²) in [5, 5.41) is 0. The summed E-state index contributed by atoms with van der Waals surface area (Å²) >= 11 is 0. The average Bonchev–Trinajstić information content (AvgIpc) is 1.76. The van der Waals surface area contributed by atoms with Crippen LogP contribution in [-0.4, -0.2) is 0 Å². The first-order chi connectivity index (χ1) is 2.50. The zero-order chi connectivity index (χ0) is 3.54. The topological polar surface area (TPSA) is 0 Å². The molecule has 0 saturated heterocycles. The van der Waals surface area contributed by atoms with Gasteiger partial charge in [-0.05, 0) is 0 Å². The fourth-order valence-corrected chi connectivity index (χ4v) is 0.340. The zero-order valence-corrected chi connectivity index (χ0v) is 9.57. The maximum Gasteiger partial charge on any atom is 0 e. The van der Waals surface area contributed by atoms with Gasteiger partial charge in [-0.3, -0.25) is 6.08 Å². The van der Waals surface area contributed by atoms with E-state index in [1.54, 1.807) is 0 Å². The Labute approximate surface area is 86.9 Å². The number of halogens is 2. The molecule has 0 fully saturated rings. The Morgan fingerprint density at radius 1 is 1.22 bits per heavy atom. The molecule has 0 radical (unpaired) electrons. The first kappa shape index (κ1) is 22.5. The van der Waals surface area contributed by atoms with Crippen LogP contribution < -0.4 is 0 Å². The Kier molecular flexibility index (Phi) is 40.2. The number of rotatable bonds is 0. The van der Waals surface area contributed by atoms with Crippen molar-refractivity contribution < 1.29 is 21.7 Å². The average molecular weight is 220 g/mol. The summed E-state index contributed by atoms with van der Waals surface area (Å²) in [4.78, 5) is 0. The van der Waals surface area contributed by atoms with Crippen molar-refractivity contribution in [2.24, 2.45) is 0 Å². The summed E-state index contributed by atoms with van der Waals surface area (Å²) in [5.41, 5.74) is 0. The molecule has 0 aliphatic heterocycles. The van der Waals surface area contributed by atoms with Crippen LogP contribution in [0.2, 0.25) is 0 Å². The van der Waals surface area contributed by atoms with Crippen molar-refractivity contribution in [2.75, 3.05) is 0 Å². The van der Waals surface area contributed by atoms with Crippen LogP contribution in [0.1, 0.15) is 6.42 Å². The van der Waals surface area contributed by atoms with Gasteiger partial charge < -0.3 is 0 Å². The van der Waals surface area contributed by atoms with Gasteiger partial charge in [-0.15, -0.1) is 31.2 Å². The summed E-state index contributed by atoms with van der Waals surface area (Å²) in [7, 11) is 0. The van der Waals surface area contributed by atoms with Gasteiger partial charge in [-0.2, -0.15) is 16.0 Å². The maximum absolute atomic E-state index is 2.99. The smallest absolute Gasteiger partial charge is 0 e. The molecule has 1 rings (SSSR count). The standard InChI is InChI=1S/C5H5.2ClH.H3P.Ti/c1-2-4-5-3-1;;;;/h1-3H,4H2;2*1H;1H3;/q-1;;;;. The van der Waals surface area contributed by atoms with Gasteiger partial charge in [-0.25, -0.2) is 12.2 Å². The van der Waals surface area contributed by atoms with E-state index in [4.69, 9.17) is 0 Å². The fraction of sp³-hybridized carbons (Fsp3) is 0.200. The van der Waals surface area contributed by atoms with Crippen LogP contribution in [0.4, 0.5) is 0 Å². The molecule has 0 bridgehead atoms. The Bertz CT molecular complexity index is 73.0. The molecule has 0 aromatic rings. The second-order valence-corrected chi connectivity index (χ2v) is 1.00. The molecule has 9 heavy (non-hydrogen) atoms. The molecule has 1 aliphatic rings. The monoisotopic (exact) mass is 219 g/mol. The van der Waals surface area contributed by atoms with E-state index in [9.17, 15) is 0 Å². The van der Waals surface area contributed by atoms with E-state index in [1.807, 2.05) is 12.2 Å². The van der Waals surface area contributed by atoms with Gasteiger partial charge in [0.25, 0.3) is 0 Å². The Morgan fingerprint density at radius 2 is 1.78 bits per heavy atom. The predicted molar refractivity (Wildman–Crippen MR) is 47.2 cm³/mol. The van der Waals surface area contributed by atoms with Crippen molar-refractivity contribution in [1.29, 1.82) is 0 Å². The Balaban J connectivity index is -0.0000000312. The summed E-state index contributed by atoms with van der Waals surface area (Å²) < 4.78 is 0. The van der Waals surface area contributed by atoms with Gasteiger partial charge in [0, 0.05) is 21.7 Å². The van der Waals surface area contributed by atoms with Crippen LogP contribution in [0.3, 0.4) is 0 Å². The van der Waals surface area contributed by atoms with Crippen molar-refractivity contribution in [2.45, 2.75) is 6.42 Å². The fourth-order valence-electron chi connectivity index (χ4n) is 0.340. The third-order valence-electron chi connectivity index (χ3n) is 0.586. The van der Waals surface area contributed by atoms with Crippen LogP contribution in [0.25, 0.3) is 0 Å². The molecular weight excluding hydrogens is 210 g/mol. The van der Waals surface area contributed by atoms with Crippen LogP contribution in [-0.2, 0) is 21.7 Å². The van der Waals surface area contributed by atoms with Crippen molar-refractivity contribution in [3.05, 3.63) is 24.3 Å². The van der Waals surface area contributed by atoms with E-state index in [2.05, 4.69) is 12.2 Å². The minimum atomic E-state index is 0. The second kappa shape index (κ2) is 16.1. The van der Waals surface area contributed by atoms with Crippen molar-refractivity contribution in [3.8, 4) is 0 Å². The van der Waals surface area contributed by atoms with E-state index >= 15 is 0 Å². The van der Waals surface area contributed by atoms with Gasteiger partial charge in [0.1, 0.15) is 0 Å². The van der Waals surface area contributed by atoms with E-state index in [1.165, 1.54) is 0 Å². The minimum Gasteiger partial charge on any atom is -0.273 e. The number of allylic oxidation sites excluding steroid dienone is 4. The predicted octanol–water partition coefficient (Wildman–Crippen LogP) is 2.20. The van der Waals surface area contributed by atoms with Crippen LogP contribution in [0, 0.1) is 6.08 Å². The molecule has 0 amide bonds. The molecule has 0 heterocycles. The van der Waals surface area contributed by atoms with Crippen LogP contribution in [0.15, 0.2) is 18.2 Å². The number of hydrogen-bond acceptors (Lipinski definition) is 0. The Hall–Kier alpha value is 1.20. The van der Waals surface area contributed by atoms with Gasteiger partial charge in [0.15, 0.2) is 0 Å². The summed E-state index contributed by atoms with van der Waals surface area (Å²) in [6.45, 7) is 0. The second-order valence-electron chi connectivity index (χ2n) is 1.00. The minimum absolute atomic E-state index is 0. The van der Waals surface area contributed by atoms with Gasteiger partial charge in [0.2, 0.25) is 0 Å². The molecule has 0 spiro atoms. The Morgan fingerprint density at radius 3 is 1.89 bits per heavy atom. The van der Waals surface area contributed by atoms with Gasteiger partial charge >= 0.3 is 0 Å². The molecule has 1 atom stereocenters. The molecule has 1 aliphatic carbocycles. The van der Waals surface area contributed by atoms with Crippen molar-refractivity contribution in [1.82, 2.24) is 0 Å². The van der Waals surface area contributed by atoms with E-state index in [-0.39, 0.29) is 56.4 Å². The largest absolute Gasteiger partial charge is 0.273 e. The SMILES string of the molecule is Cl.Cl.P.[C-]1=CC=CC1.[Ti]. The summed E-state index contributed by atoms with van der Waals surface area (Å²) in [5.74, 6) is 0. The van der Waals surface area contributed by atoms with Crippen molar-refractivity contribution in [3.63, 3.8) is 0 Å². The molecule has 0 aromatic heterocycles. The van der Waals surface area contributed by atoms with E-state index in [0.717, 1.165) is 6.42 Å². The summed E-state index contributed by atoms with van der Waals surface area (Å²) in [6, 6.07) is 0. The normalized spacial score (nSPS) is 9.78. The molecule has 1 unspecified atom stereocenters. The van der Waals surface area contributed by atoms with E-state index in [0.29, 0.717) is 0 Å². The van der Waals surface area contributed by atoms with Gasteiger partial charge in [0.05, 0.1) is 0 Å². The first-order valence-electron chi connectivity index (χ1n) is 1.72. The molecule has 0 nitrogen and oxygen atoms in total.